The smallest absolute Gasteiger partial charge is 0.311 e. The minimum atomic E-state index is -1.09. The number of rotatable bonds is 29. The van der Waals surface area contributed by atoms with Crippen LogP contribution in [0.2, 0.25) is 6.32 Å². The molecule has 0 saturated heterocycles. The summed E-state index contributed by atoms with van der Waals surface area (Å²) >= 11 is 0. The Balaban J connectivity index is 0.00000120. The fourth-order valence-electron chi connectivity index (χ4n) is 12.9. The van der Waals surface area contributed by atoms with Gasteiger partial charge in [-0.25, -0.2) is 0 Å². The summed E-state index contributed by atoms with van der Waals surface area (Å²) < 4.78 is 19.2. The number of hydrogen-bond donors (Lipinski definition) is 1. The van der Waals surface area contributed by atoms with E-state index in [0.717, 1.165) is 88.0 Å². The average molecular weight is 901 g/mol. The van der Waals surface area contributed by atoms with E-state index in [-0.39, 0.29) is 18.4 Å². The first-order valence-electron chi connectivity index (χ1n) is 27.1. The van der Waals surface area contributed by atoms with Gasteiger partial charge in [-0.15, -0.1) is 10.3 Å². The number of ether oxygens (including phenoxy) is 2. The molecule has 0 bridgehead atoms. The number of carbonyl (C=O) groups excluding carboxylic acids is 1. The maximum Gasteiger partial charge on any atom is 0.311 e. The van der Waals surface area contributed by atoms with Gasteiger partial charge in [-0.3, -0.25) is 4.79 Å². The Kier molecular flexibility index (Phi) is 26.5. The minimum absolute atomic E-state index is 0.0211. The molecular weight excluding hydrogens is 795 g/mol. The van der Waals surface area contributed by atoms with Crippen LogP contribution in [0.4, 0.5) is 0 Å². The SMILES string of the molecule is CCCCCCCC/C=C\CCCCCCCCOC(CC[C@@H](C)C1CCC2C3CCC4C[C@H](OC(=O)C(C)(C)C)CC[C@]4(C)C3CC[C@@]21C)OS(C)(C)C.[B]CCCCCCO. The van der Waals surface area contributed by atoms with Crippen LogP contribution in [0.5, 0.6) is 0 Å². The van der Waals surface area contributed by atoms with E-state index in [4.69, 9.17) is 26.6 Å². The van der Waals surface area contributed by atoms with E-state index in [0.29, 0.717) is 29.3 Å². The van der Waals surface area contributed by atoms with E-state index in [1.165, 1.54) is 135 Å². The van der Waals surface area contributed by atoms with Crippen LogP contribution >= 0.6 is 10.3 Å². The molecule has 1 N–H and O–H groups in total. The average Bonchev–Trinajstić information content (AvgIpc) is 3.59. The highest BCUT2D eigenvalue weighted by molar-refractivity contribution is 8.28. The number of fused-ring (bicyclic) bond motifs is 5. The van der Waals surface area contributed by atoms with Crippen molar-refractivity contribution in [3.8, 4) is 0 Å². The quantitative estimate of drug-likeness (QED) is 0.0266. The highest BCUT2D eigenvalue weighted by atomic mass is 32.3. The van der Waals surface area contributed by atoms with Gasteiger partial charge in [0.25, 0.3) is 0 Å². The molecular formula is C56H105BO5S. The van der Waals surface area contributed by atoms with Crippen molar-refractivity contribution in [3.63, 3.8) is 0 Å². The molecule has 10 atom stereocenters. The molecule has 0 spiro atoms. The maximum atomic E-state index is 12.7. The van der Waals surface area contributed by atoms with Gasteiger partial charge >= 0.3 is 5.97 Å². The molecule has 4 rings (SSSR count). The van der Waals surface area contributed by atoms with Gasteiger partial charge in [-0.05, 0) is 195 Å². The van der Waals surface area contributed by atoms with Crippen molar-refractivity contribution in [3.05, 3.63) is 12.2 Å². The molecule has 368 valence electrons. The van der Waals surface area contributed by atoms with Gasteiger partial charge in [0.15, 0.2) is 6.29 Å². The van der Waals surface area contributed by atoms with Crippen molar-refractivity contribution in [2.45, 2.75) is 253 Å². The van der Waals surface area contributed by atoms with Crippen molar-refractivity contribution in [2.24, 2.45) is 51.8 Å². The van der Waals surface area contributed by atoms with Crippen LogP contribution in [-0.4, -0.2) is 63.3 Å². The van der Waals surface area contributed by atoms with Crippen molar-refractivity contribution in [1.29, 1.82) is 0 Å². The number of carbonyl (C=O) groups is 1. The second kappa shape index (κ2) is 29.4. The van der Waals surface area contributed by atoms with E-state index >= 15 is 0 Å². The minimum Gasteiger partial charge on any atom is -0.462 e. The Morgan fingerprint density at radius 2 is 1.33 bits per heavy atom. The van der Waals surface area contributed by atoms with Crippen LogP contribution < -0.4 is 0 Å². The van der Waals surface area contributed by atoms with Gasteiger partial charge in [0.05, 0.1) is 13.3 Å². The Labute approximate surface area is 395 Å². The van der Waals surface area contributed by atoms with E-state index in [1.807, 2.05) is 20.8 Å². The topological polar surface area (TPSA) is 65.0 Å². The Morgan fingerprint density at radius 3 is 1.95 bits per heavy atom. The Bertz CT molecular complexity index is 1240. The largest absolute Gasteiger partial charge is 0.462 e. The van der Waals surface area contributed by atoms with Crippen molar-refractivity contribution >= 4 is 24.1 Å². The van der Waals surface area contributed by atoms with Crippen LogP contribution in [0.3, 0.4) is 0 Å². The molecule has 0 aromatic heterocycles. The fourth-order valence-corrected chi connectivity index (χ4v) is 13.7. The van der Waals surface area contributed by atoms with Crippen LogP contribution in [0, 0.1) is 51.8 Å². The maximum absolute atomic E-state index is 12.7. The van der Waals surface area contributed by atoms with Gasteiger partial charge in [0.1, 0.15) is 6.10 Å². The lowest BCUT2D eigenvalue weighted by Crippen LogP contribution is -2.54. The summed E-state index contributed by atoms with van der Waals surface area (Å²) in [7, 11) is 4.15. The van der Waals surface area contributed by atoms with Crippen LogP contribution in [0.1, 0.15) is 235 Å². The number of esters is 1. The number of unbranched alkanes of at least 4 members (excludes halogenated alkanes) is 15. The molecule has 4 aliphatic rings. The highest BCUT2D eigenvalue weighted by Crippen LogP contribution is 2.68. The summed E-state index contributed by atoms with van der Waals surface area (Å²) in [6, 6.07) is 0. The lowest BCUT2D eigenvalue weighted by Gasteiger charge is -2.61. The summed E-state index contributed by atoms with van der Waals surface area (Å²) in [4.78, 5) is 12.7. The zero-order valence-corrected chi connectivity index (χ0v) is 44.3. The molecule has 0 aromatic rings. The molecule has 7 heteroatoms. The second-order valence-electron chi connectivity index (χ2n) is 23.5. The number of allylic oxidation sites excluding steroid dienone is 2. The summed E-state index contributed by atoms with van der Waals surface area (Å²) in [6.45, 7) is 17.3. The van der Waals surface area contributed by atoms with E-state index in [1.54, 1.807) is 0 Å². The van der Waals surface area contributed by atoms with Gasteiger partial charge < -0.3 is 18.8 Å². The monoisotopic (exact) mass is 901 g/mol. The van der Waals surface area contributed by atoms with Gasteiger partial charge in [-0.1, -0.05) is 123 Å². The first-order valence-corrected chi connectivity index (χ1v) is 29.9. The third kappa shape index (κ3) is 19.6. The zero-order valence-electron chi connectivity index (χ0n) is 43.5. The second-order valence-corrected chi connectivity index (χ2v) is 27.1. The van der Waals surface area contributed by atoms with Gasteiger partial charge in [-0.2, -0.15) is 0 Å². The third-order valence-electron chi connectivity index (χ3n) is 16.6. The molecule has 0 aliphatic heterocycles. The standard InChI is InChI=1S/C50H92O4S.C6H13BO/c1-11-12-13-14-15-16-17-18-19-20-21-22-23-24-25-26-37-52-46(54-55(8,9)10)32-27-39(2)43-30-31-44-42-29-28-40-38-41(53-47(51)48(3,4)5)33-35-49(40,6)45(42)34-36-50(43,44)7;7-5-3-1-2-4-6-8/h18-19,39-46H,11-17,20-38H2,1-10H3;8H,1-6H2/b19-18-;/t39-,40?,41-,42?,43?,44?,45?,46?,49+,50-;/m1./s1. The summed E-state index contributed by atoms with van der Waals surface area (Å²) in [5, 5.41) is 8.33. The van der Waals surface area contributed by atoms with Crippen LogP contribution in [-0.2, 0) is 18.5 Å². The molecule has 4 saturated carbocycles. The normalized spacial score (nSPS) is 29.6. The Hall–Kier alpha value is -0.495. The van der Waals surface area contributed by atoms with E-state index < -0.39 is 15.7 Å². The number of hydrogen-bond acceptors (Lipinski definition) is 5. The molecule has 2 radical (unpaired) electrons. The first-order chi connectivity index (χ1) is 30.0. The highest BCUT2D eigenvalue weighted by Gasteiger charge is 2.60. The van der Waals surface area contributed by atoms with Gasteiger partial charge in [0, 0.05) is 13.2 Å². The predicted molar refractivity (Wildman–Crippen MR) is 275 cm³/mol. The van der Waals surface area contributed by atoms with Crippen LogP contribution in [0.25, 0.3) is 0 Å². The molecule has 4 aliphatic carbocycles. The van der Waals surface area contributed by atoms with Crippen molar-refractivity contribution in [1.82, 2.24) is 0 Å². The molecule has 0 heterocycles. The number of aliphatic hydroxyl groups is 1. The molecule has 0 amide bonds. The zero-order chi connectivity index (χ0) is 46.4. The summed E-state index contributed by atoms with van der Waals surface area (Å²) in [6.07, 6.45) is 49.5. The van der Waals surface area contributed by atoms with Crippen molar-refractivity contribution < 1.29 is 23.6 Å². The molecule has 63 heavy (non-hydrogen) atoms. The first kappa shape index (κ1) is 56.8. The summed E-state index contributed by atoms with van der Waals surface area (Å²) in [5.41, 5.74) is 0.472. The molecule has 5 nitrogen and oxygen atoms in total. The van der Waals surface area contributed by atoms with Crippen molar-refractivity contribution in [2.75, 3.05) is 32.0 Å². The fraction of sp³-hybridized carbons (Fsp3) is 0.946. The lowest BCUT2D eigenvalue weighted by atomic mass is 9.44. The van der Waals surface area contributed by atoms with E-state index in [2.05, 4.69) is 58.6 Å². The Morgan fingerprint density at radius 1 is 0.746 bits per heavy atom. The number of aliphatic hydroxyl groups excluding tert-OH is 1. The van der Waals surface area contributed by atoms with Gasteiger partial charge in [0.2, 0.25) is 0 Å². The summed E-state index contributed by atoms with van der Waals surface area (Å²) in [5.74, 6) is 4.82. The molecule has 6 unspecified atom stereocenters. The lowest BCUT2D eigenvalue weighted by molar-refractivity contribution is -0.170. The predicted octanol–water partition coefficient (Wildman–Crippen LogP) is 16.2. The third-order valence-corrected chi connectivity index (χ3v) is 17.4. The van der Waals surface area contributed by atoms with Crippen LogP contribution in [0.15, 0.2) is 12.2 Å². The van der Waals surface area contributed by atoms with E-state index in [9.17, 15) is 4.79 Å². The molecule has 4 fully saturated rings. The molecule has 0 aromatic carbocycles.